The molecule has 1 aromatic carbocycles. The van der Waals surface area contributed by atoms with Crippen molar-refractivity contribution in [1.82, 2.24) is 14.9 Å². The largest absolute Gasteiger partial charge is 0.369 e. The minimum Gasteiger partial charge on any atom is -0.369 e. The van der Waals surface area contributed by atoms with Crippen molar-refractivity contribution in [2.45, 2.75) is 46.8 Å². The Hall–Kier alpha value is -3.00. The number of aryl methyl sites for hydroxylation is 4. The zero-order valence-electron chi connectivity index (χ0n) is 18.8. The van der Waals surface area contributed by atoms with Crippen molar-refractivity contribution < 1.29 is 18.3 Å². The van der Waals surface area contributed by atoms with E-state index in [9.17, 15) is 13.6 Å². The van der Waals surface area contributed by atoms with Gasteiger partial charge < -0.3 is 19.9 Å². The Morgan fingerprint density at radius 1 is 1.25 bits per heavy atom. The number of aromatic amines is 1. The molecule has 0 radical (unpaired) electrons. The number of carbonyl (C=O) groups is 1. The molecular formula is C24H28F2N4O2. The number of pyridine rings is 1. The highest BCUT2D eigenvalue weighted by Gasteiger charge is 2.33. The van der Waals surface area contributed by atoms with Gasteiger partial charge in [0.15, 0.2) is 5.82 Å². The molecule has 3 aromatic rings. The first kappa shape index (κ1) is 22.2. The van der Waals surface area contributed by atoms with E-state index >= 15 is 0 Å². The first-order valence-electron chi connectivity index (χ1n) is 10.7. The molecule has 0 saturated carbocycles. The summed E-state index contributed by atoms with van der Waals surface area (Å²) in [7, 11) is 0. The van der Waals surface area contributed by atoms with Crippen molar-refractivity contribution >= 4 is 22.6 Å². The van der Waals surface area contributed by atoms with Gasteiger partial charge in [0.1, 0.15) is 12.3 Å². The zero-order valence-corrected chi connectivity index (χ0v) is 18.8. The van der Waals surface area contributed by atoms with Crippen molar-refractivity contribution in [3.63, 3.8) is 0 Å². The van der Waals surface area contributed by atoms with Crippen LogP contribution in [0.1, 0.15) is 38.4 Å². The van der Waals surface area contributed by atoms with Crippen LogP contribution in [0.15, 0.2) is 24.3 Å². The number of anilines is 1. The van der Waals surface area contributed by atoms with Gasteiger partial charge in [0.05, 0.1) is 11.6 Å². The predicted octanol–water partition coefficient (Wildman–Crippen LogP) is 4.51. The van der Waals surface area contributed by atoms with Crippen LogP contribution in [0.5, 0.6) is 0 Å². The first-order chi connectivity index (χ1) is 15.2. The van der Waals surface area contributed by atoms with Crippen LogP contribution in [0.25, 0.3) is 10.9 Å². The number of amides is 1. The number of fused-ring (bicyclic) bond motifs is 1. The molecule has 1 saturated heterocycles. The van der Waals surface area contributed by atoms with Crippen LogP contribution in [0.4, 0.5) is 14.6 Å². The number of likely N-dealkylation sites (tertiary alicyclic amines) is 1. The predicted molar refractivity (Wildman–Crippen MR) is 120 cm³/mol. The Morgan fingerprint density at radius 3 is 2.59 bits per heavy atom. The third kappa shape index (κ3) is 4.32. The molecule has 1 aliphatic heterocycles. The van der Waals surface area contributed by atoms with Gasteiger partial charge in [-0.15, -0.1) is 0 Å². The number of benzene rings is 1. The highest BCUT2D eigenvalue weighted by Crippen LogP contribution is 2.29. The summed E-state index contributed by atoms with van der Waals surface area (Å²) in [5, 5.41) is 4.36. The van der Waals surface area contributed by atoms with Crippen LogP contribution < -0.4 is 5.32 Å². The molecule has 2 N–H and O–H groups in total. The lowest BCUT2D eigenvalue weighted by Gasteiger charge is -2.38. The Balaban J connectivity index is 1.58. The normalized spacial score (nSPS) is 14.3. The third-order valence-corrected chi connectivity index (χ3v) is 6.19. The summed E-state index contributed by atoms with van der Waals surface area (Å²) < 4.78 is 29.8. The van der Waals surface area contributed by atoms with Gasteiger partial charge >= 0.3 is 0 Å². The fraction of sp³-hybridized carbons (Fsp3) is 0.417. The van der Waals surface area contributed by atoms with Crippen LogP contribution in [0, 0.1) is 27.7 Å². The smallest absolute Gasteiger partial charge is 0.272 e. The molecule has 0 bridgehead atoms. The van der Waals surface area contributed by atoms with Crippen molar-refractivity contribution in [3.8, 4) is 0 Å². The summed E-state index contributed by atoms with van der Waals surface area (Å²) in [4.78, 5) is 22.6. The van der Waals surface area contributed by atoms with Gasteiger partial charge in [-0.1, -0.05) is 18.2 Å². The van der Waals surface area contributed by atoms with E-state index in [0.29, 0.717) is 31.1 Å². The number of aromatic nitrogens is 2. The molecule has 0 aliphatic carbocycles. The van der Waals surface area contributed by atoms with E-state index in [1.54, 1.807) is 11.0 Å². The number of nitrogens with zero attached hydrogens (tertiary/aromatic N) is 2. The van der Waals surface area contributed by atoms with Crippen molar-refractivity contribution in [3.05, 3.63) is 57.9 Å². The number of rotatable bonds is 7. The molecule has 3 heterocycles. The Labute approximate surface area is 186 Å². The fourth-order valence-electron chi connectivity index (χ4n) is 4.07. The molecule has 0 atom stereocenters. The molecule has 1 aliphatic rings. The average Bonchev–Trinajstić information content (AvgIpc) is 3.00. The molecule has 32 heavy (non-hydrogen) atoms. The summed E-state index contributed by atoms with van der Waals surface area (Å²) in [6, 6.07) is 7.99. The molecule has 2 aromatic heterocycles. The first-order valence-corrected chi connectivity index (χ1v) is 10.7. The Bertz CT molecular complexity index is 1130. The Morgan fingerprint density at radius 2 is 1.94 bits per heavy atom. The maximum atomic E-state index is 13.0. The van der Waals surface area contributed by atoms with Crippen LogP contribution in [-0.4, -0.2) is 53.0 Å². The topological polar surface area (TPSA) is 70.2 Å². The fourth-order valence-corrected chi connectivity index (χ4v) is 4.07. The van der Waals surface area contributed by atoms with E-state index in [0.717, 1.165) is 22.2 Å². The molecule has 0 unspecified atom stereocenters. The van der Waals surface area contributed by atoms with E-state index in [-0.39, 0.29) is 12.0 Å². The van der Waals surface area contributed by atoms with E-state index in [1.807, 2.05) is 19.9 Å². The third-order valence-electron chi connectivity index (χ3n) is 6.19. The van der Waals surface area contributed by atoms with E-state index in [4.69, 9.17) is 4.74 Å². The molecule has 8 heteroatoms. The molecule has 6 nitrogen and oxygen atoms in total. The maximum Gasteiger partial charge on any atom is 0.272 e. The zero-order chi connectivity index (χ0) is 23.0. The minimum absolute atomic E-state index is 0.225. The quantitative estimate of drug-likeness (QED) is 0.565. The maximum absolute atomic E-state index is 13.0. The number of H-pyrrole nitrogens is 1. The number of halogens is 2. The lowest BCUT2D eigenvalue weighted by Crippen LogP contribution is -2.55. The molecular weight excluding hydrogens is 414 g/mol. The van der Waals surface area contributed by atoms with Gasteiger partial charge in [0.2, 0.25) is 0 Å². The van der Waals surface area contributed by atoms with Gasteiger partial charge in [0.25, 0.3) is 12.3 Å². The van der Waals surface area contributed by atoms with Crippen LogP contribution in [-0.2, 0) is 11.3 Å². The summed E-state index contributed by atoms with van der Waals surface area (Å²) in [5.74, 6) is 0.396. The van der Waals surface area contributed by atoms with Gasteiger partial charge in [-0.25, -0.2) is 13.8 Å². The number of alkyl halides is 2. The second-order valence-electron chi connectivity index (χ2n) is 8.43. The highest BCUT2D eigenvalue weighted by atomic mass is 19.3. The Kier molecular flexibility index (Phi) is 6.15. The van der Waals surface area contributed by atoms with E-state index in [1.165, 1.54) is 16.7 Å². The number of hydrogen-bond acceptors (Lipinski definition) is 4. The van der Waals surface area contributed by atoms with E-state index < -0.39 is 13.0 Å². The monoisotopic (exact) mass is 442 g/mol. The van der Waals surface area contributed by atoms with Crippen molar-refractivity contribution in [2.75, 3.05) is 25.0 Å². The van der Waals surface area contributed by atoms with E-state index in [2.05, 4.69) is 41.3 Å². The lowest BCUT2D eigenvalue weighted by molar-refractivity contribution is -0.0776. The van der Waals surface area contributed by atoms with Gasteiger partial charge in [-0.05, 0) is 56.0 Å². The second kappa shape index (κ2) is 8.86. The summed E-state index contributed by atoms with van der Waals surface area (Å²) in [5.41, 5.74) is 6.85. The van der Waals surface area contributed by atoms with Gasteiger partial charge in [0, 0.05) is 30.7 Å². The summed E-state index contributed by atoms with van der Waals surface area (Å²) >= 11 is 0. The molecule has 170 valence electrons. The van der Waals surface area contributed by atoms with Crippen molar-refractivity contribution in [1.29, 1.82) is 0 Å². The number of nitrogens with one attached hydrogen (secondary N) is 2. The average molecular weight is 443 g/mol. The number of ether oxygens (including phenoxy) is 1. The molecule has 1 fully saturated rings. The minimum atomic E-state index is -2.51. The molecule has 1 amide bonds. The second-order valence-corrected chi connectivity index (χ2v) is 8.43. The SMILES string of the molecule is Cc1cccc(C)c1CNc1nc(C(=O)N2CC(OCC(F)F)C2)cc2c(C)c(C)[nH]c12. The van der Waals surface area contributed by atoms with Crippen LogP contribution in [0.2, 0.25) is 0 Å². The van der Waals surface area contributed by atoms with Crippen LogP contribution in [0.3, 0.4) is 0 Å². The van der Waals surface area contributed by atoms with Gasteiger partial charge in [-0.3, -0.25) is 4.79 Å². The van der Waals surface area contributed by atoms with Gasteiger partial charge in [-0.2, -0.15) is 0 Å². The highest BCUT2D eigenvalue weighted by molar-refractivity contribution is 6.01. The summed E-state index contributed by atoms with van der Waals surface area (Å²) in [6.45, 7) is 8.72. The van der Waals surface area contributed by atoms with Crippen LogP contribution >= 0.6 is 0 Å². The summed E-state index contributed by atoms with van der Waals surface area (Å²) in [6.07, 6.45) is -2.86. The van der Waals surface area contributed by atoms with Crippen molar-refractivity contribution in [2.24, 2.45) is 0 Å². The number of carbonyl (C=O) groups excluding carboxylic acids is 1. The number of hydrogen-bond donors (Lipinski definition) is 2. The molecule has 4 rings (SSSR count). The standard InChI is InChI=1S/C24H28F2N4O2/c1-13-6-5-7-14(2)19(13)9-27-23-22-18(15(3)16(4)28-22)8-20(29-23)24(31)30-10-17(11-30)32-12-21(25)26/h5-8,17,21,28H,9-12H2,1-4H3,(H,27,29). The lowest BCUT2D eigenvalue weighted by atomic mass is 10.0. The molecule has 0 spiro atoms.